The van der Waals surface area contributed by atoms with Crippen LogP contribution in [-0.2, 0) is 0 Å². The summed E-state index contributed by atoms with van der Waals surface area (Å²) >= 11 is 1.72. The van der Waals surface area contributed by atoms with Crippen molar-refractivity contribution in [1.82, 2.24) is 0 Å². The van der Waals surface area contributed by atoms with Gasteiger partial charge in [0.05, 0.1) is 11.4 Å². The van der Waals surface area contributed by atoms with E-state index in [9.17, 15) is 0 Å². The standard InChI is InChI=1S/C10H6N2S/c1-2-9(13-5-1)7-6-12-8-3-4-11-10(7)8/h1-6H. The lowest BCUT2D eigenvalue weighted by atomic mass is 10.1. The Bertz CT molecular complexity index is 461. The highest BCUT2D eigenvalue weighted by Gasteiger charge is 2.21. The predicted molar refractivity (Wildman–Crippen MR) is 56.3 cm³/mol. The number of aliphatic imine (C=N–C) groups is 2. The summed E-state index contributed by atoms with van der Waals surface area (Å²) in [7, 11) is 0. The largest absolute Gasteiger partial charge is 0.254 e. The summed E-state index contributed by atoms with van der Waals surface area (Å²) in [5.74, 6) is 0. The van der Waals surface area contributed by atoms with Gasteiger partial charge in [0.1, 0.15) is 0 Å². The van der Waals surface area contributed by atoms with Crippen molar-refractivity contribution in [2.75, 3.05) is 0 Å². The molecule has 2 aliphatic heterocycles. The van der Waals surface area contributed by atoms with Crippen molar-refractivity contribution in [2.24, 2.45) is 9.98 Å². The predicted octanol–water partition coefficient (Wildman–Crippen LogP) is 2.51. The summed E-state index contributed by atoms with van der Waals surface area (Å²) in [6.45, 7) is 0. The van der Waals surface area contributed by atoms with Crippen LogP contribution in [0.3, 0.4) is 0 Å². The number of rotatable bonds is 1. The first-order valence-corrected chi connectivity index (χ1v) is 4.90. The van der Waals surface area contributed by atoms with Crippen molar-refractivity contribution in [1.29, 1.82) is 0 Å². The Morgan fingerprint density at radius 1 is 1.23 bits per heavy atom. The maximum absolute atomic E-state index is 4.28. The van der Waals surface area contributed by atoms with E-state index in [0.29, 0.717) is 0 Å². The molecule has 3 rings (SSSR count). The molecule has 0 radical (unpaired) electrons. The molecule has 62 valence electrons. The van der Waals surface area contributed by atoms with Crippen LogP contribution in [0.4, 0.5) is 0 Å². The average Bonchev–Trinajstić information content (AvgIpc) is 2.79. The van der Waals surface area contributed by atoms with Gasteiger partial charge >= 0.3 is 0 Å². The minimum atomic E-state index is 0.989. The summed E-state index contributed by atoms with van der Waals surface area (Å²) < 4.78 is 0. The van der Waals surface area contributed by atoms with Crippen LogP contribution in [0.5, 0.6) is 0 Å². The Morgan fingerprint density at radius 3 is 3.08 bits per heavy atom. The van der Waals surface area contributed by atoms with Gasteiger partial charge in [0.25, 0.3) is 0 Å². The van der Waals surface area contributed by atoms with E-state index in [4.69, 9.17) is 0 Å². The van der Waals surface area contributed by atoms with Crippen LogP contribution in [0.2, 0.25) is 0 Å². The van der Waals surface area contributed by atoms with E-state index in [2.05, 4.69) is 21.4 Å². The van der Waals surface area contributed by atoms with Gasteiger partial charge in [0.2, 0.25) is 0 Å². The number of hydrogen-bond donors (Lipinski definition) is 0. The van der Waals surface area contributed by atoms with Crippen molar-refractivity contribution in [3.05, 3.63) is 40.9 Å². The third-order valence-electron chi connectivity index (χ3n) is 2.05. The topological polar surface area (TPSA) is 24.7 Å². The molecule has 0 bridgehead atoms. The highest BCUT2D eigenvalue weighted by molar-refractivity contribution is 7.11. The second-order valence-corrected chi connectivity index (χ2v) is 3.78. The van der Waals surface area contributed by atoms with E-state index in [1.54, 1.807) is 17.5 Å². The normalized spacial score (nSPS) is 18.3. The Morgan fingerprint density at radius 2 is 2.23 bits per heavy atom. The monoisotopic (exact) mass is 186 g/mol. The van der Waals surface area contributed by atoms with E-state index in [-0.39, 0.29) is 0 Å². The molecule has 3 heteroatoms. The fraction of sp³-hybridized carbons (Fsp3) is 0. The Balaban J connectivity index is 2.07. The van der Waals surface area contributed by atoms with Crippen molar-refractivity contribution in [3.8, 4) is 0 Å². The van der Waals surface area contributed by atoms with Crippen LogP contribution in [0.25, 0.3) is 5.57 Å². The van der Waals surface area contributed by atoms with Gasteiger partial charge in [-0.25, -0.2) is 0 Å². The summed E-state index contributed by atoms with van der Waals surface area (Å²) in [5.41, 5.74) is 3.15. The molecule has 3 heterocycles. The van der Waals surface area contributed by atoms with Gasteiger partial charge in [-0.15, -0.1) is 11.3 Å². The van der Waals surface area contributed by atoms with Crippen molar-refractivity contribution < 1.29 is 0 Å². The van der Waals surface area contributed by atoms with E-state index in [1.807, 2.05) is 18.3 Å². The van der Waals surface area contributed by atoms with Crippen LogP contribution >= 0.6 is 11.3 Å². The van der Waals surface area contributed by atoms with Crippen molar-refractivity contribution in [2.45, 2.75) is 0 Å². The van der Waals surface area contributed by atoms with Gasteiger partial charge < -0.3 is 0 Å². The Kier molecular flexibility index (Phi) is 1.34. The summed E-state index contributed by atoms with van der Waals surface area (Å²) in [4.78, 5) is 9.79. The molecule has 13 heavy (non-hydrogen) atoms. The molecule has 0 spiro atoms. The SMILES string of the molecule is C1=CC2=NC=C(c3cccs3)C2=N1. The van der Waals surface area contributed by atoms with Crippen molar-refractivity contribution in [3.63, 3.8) is 0 Å². The molecule has 0 N–H and O–H groups in total. The maximum atomic E-state index is 4.28. The molecule has 0 atom stereocenters. The third-order valence-corrected chi connectivity index (χ3v) is 2.96. The second-order valence-electron chi connectivity index (χ2n) is 2.83. The van der Waals surface area contributed by atoms with Crippen LogP contribution in [0, 0.1) is 0 Å². The number of thiophene rings is 1. The average molecular weight is 186 g/mol. The molecular weight excluding hydrogens is 180 g/mol. The lowest BCUT2D eigenvalue weighted by Gasteiger charge is -1.97. The molecule has 0 aromatic carbocycles. The molecule has 0 unspecified atom stereocenters. The minimum Gasteiger partial charge on any atom is -0.254 e. The van der Waals surface area contributed by atoms with Crippen LogP contribution < -0.4 is 0 Å². The zero-order chi connectivity index (χ0) is 8.67. The number of allylic oxidation sites excluding steroid dienone is 2. The number of hydrogen-bond acceptors (Lipinski definition) is 3. The van der Waals surface area contributed by atoms with Gasteiger partial charge in [-0.1, -0.05) is 6.07 Å². The summed E-state index contributed by atoms with van der Waals surface area (Å²) in [5, 5.41) is 2.07. The number of nitrogens with zero attached hydrogens (tertiary/aromatic N) is 2. The van der Waals surface area contributed by atoms with Gasteiger partial charge in [-0.2, -0.15) is 0 Å². The van der Waals surface area contributed by atoms with Crippen LogP contribution in [0.15, 0.2) is 46.0 Å². The third kappa shape index (κ3) is 0.939. The molecule has 0 aliphatic carbocycles. The van der Waals surface area contributed by atoms with E-state index in [1.165, 1.54) is 4.88 Å². The highest BCUT2D eigenvalue weighted by atomic mass is 32.1. The molecule has 0 saturated carbocycles. The molecule has 0 saturated heterocycles. The molecular formula is C10H6N2S. The lowest BCUT2D eigenvalue weighted by Crippen LogP contribution is -2.04. The molecule has 0 fully saturated rings. The first-order chi connectivity index (χ1) is 6.45. The van der Waals surface area contributed by atoms with Gasteiger partial charge in [0, 0.05) is 22.9 Å². The molecule has 1 aromatic heterocycles. The Labute approximate surface area is 79.7 Å². The van der Waals surface area contributed by atoms with E-state index >= 15 is 0 Å². The number of fused-ring (bicyclic) bond motifs is 1. The van der Waals surface area contributed by atoms with Gasteiger partial charge in [-0.3, -0.25) is 9.98 Å². The van der Waals surface area contributed by atoms with Gasteiger partial charge in [0.15, 0.2) is 0 Å². The summed E-state index contributed by atoms with van der Waals surface area (Å²) in [6.07, 6.45) is 5.63. The molecule has 2 aliphatic rings. The zero-order valence-electron chi connectivity index (χ0n) is 6.77. The second kappa shape index (κ2) is 2.50. The fourth-order valence-electron chi connectivity index (χ4n) is 1.45. The zero-order valence-corrected chi connectivity index (χ0v) is 7.58. The first-order valence-electron chi connectivity index (χ1n) is 4.02. The fourth-order valence-corrected chi connectivity index (χ4v) is 2.18. The molecule has 0 amide bonds. The summed E-state index contributed by atoms with van der Waals surface area (Å²) in [6, 6.07) is 4.14. The van der Waals surface area contributed by atoms with Crippen LogP contribution in [-0.4, -0.2) is 11.4 Å². The first kappa shape index (κ1) is 6.97. The quantitative estimate of drug-likeness (QED) is 0.643. The maximum Gasteiger partial charge on any atom is 0.0988 e. The highest BCUT2D eigenvalue weighted by Crippen LogP contribution is 2.27. The van der Waals surface area contributed by atoms with Gasteiger partial charge in [-0.05, 0) is 17.5 Å². The molecule has 1 aromatic rings. The van der Waals surface area contributed by atoms with E-state index in [0.717, 1.165) is 17.0 Å². The van der Waals surface area contributed by atoms with Crippen molar-refractivity contribution >= 4 is 28.3 Å². The molecule has 2 nitrogen and oxygen atoms in total. The Hall–Kier alpha value is -1.48. The smallest absolute Gasteiger partial charge is 0.0988 e. The van der Waals surface area contributed by atoms with E-state index < -0.39 is 0 Å². The lowest BCUT2D eigenvalue weighted by molar-refractivity contribution is 1.60. The van der Waals surface area contributed by atoms with Crippen LogP contribution in [0.1, 0.15) is 4.88 Å². The minimum absolute atomic E-state index is 0.989.